The molecule has 0 aliphatic heterocycles. The average molecular weight is 321 g/mol. The number of urea groups is 1. The molecule has 2 amide bonds. The molecule has 1 unspecified atom stereocenters. The van der Waals surface area contributed by atoms with Crippen molar-refractivity contribution in [3.63, 3.8) is 0 Å². The monoisotopic (exact) mass is 320 g/mol. The number of nitrogens with one attached hydrogen (secondary N) is 2. The lowest BCUT2D eigenvalue weighted by molar-refractivity contribution is 0.123. The Morgan fingerprint density at radius 3 is 2.05 bits per heavy atom. The fourth-order valence-corrected chi connectivity index (χ4v) is 3.70. The van der Waals surface area contributed by atoms with E-state index in [0.717, 1.165) is 31.7 Å². The third-order valence-corrected chi connectivity index (χ3v) is 6.57. The fraction of sp³-hybridized carbons (Fsp3) is 0.929. The molecule has 0 spiro atoms. The van der Waals surface area contributed by atoms with E-state index >= 15 is 0 Å². The first kappa shape index (κ1) is 20.4. The van der Waals surface area contributed by atoms with Gasteiger partial charge in [0.2, 0.25) is 0 Å². The van der Waals surface area contributed by atoms with Crippen LogP contribution in [0.2, 0.25) is 6.04 Å². The third kappa shape index (κ3) is 9.08. The average Bonchev–Trinajstić information content (AvgIpc) is 2.52. The molecule has 0 aliphatic rings. The molecular weight excluding hydrogens is 288 g/mol. The number of carbonyl (C=O) groups is 1. The smallest absolute Gasteiger partial charge is 0.377 e. The molecule has 0 fully saturated rings. The molecule has 0 heterocycles. The van der Waals surface area contributed by atoms with Crippen molar-refractivity contribution in [1.82, 2.24) is 10.6 Å². The van der Waals surface area contributed by atoms with Gasteiger partial charge in [0.25, 0.3) is 0 Å². The van der Waals surface area contributed by atoms with E-state index in [1.807, 2.05) is 0 Å². The van der Waals surface area contributed by atoms with Crippen molar-refractivity contribution in [1.29, 1.82) is 0 Å². The molecule has 0 aromatic rings. The maximum Gasteiger partial charge on any atom is 0.500 e. The summed E-state index contributed by atoms with van der Waals surface area (Å²) in [5, 5.41) is 5.70. The lowest BCUT2D eigenvalue weighted by Crippen LogP contribution is -2.43. The Bertz CT molecular complexity index is 267. The van der Waals surface area contributed by atoms with Crippen molar-refractivity contribution in [2.24, 2.45) is 5.92 Å². The molecule has 0 aromatic carbocycles. The first-order chi connectivity index (χ1) is 10.0. The summed E-state index contributed by atoms with van der Waals surface area (Å²) in [6.45, 7) is 5.73. The fourth-order valence-electron chi connectivity index (χ4n) is 1.98. The predicted octanol–water partition coefficient (Wildman–Crippen LogP) is 2.38. The summed E-state index contributed by atoms with van der Waals surface area (Å²) in [5.74, 6) is 0.727. The number of hydrogen-bond donors (Lipinski definition) is 2. The van der Waals surface area contributed by atoms with Crippen LogP contribution in [-0.4, -0.2) is 49.3 Å². The van der Waals surface area contributed by atoms with Gasteiger partial charge in [-0.3, -0.25) is 0 Å². The van der Waals surface area contributed by atoms with Crippen molar-refractivity contribution < 1.29 is 18.1 Å². The normalized spacial score (nSPS) is 13.0. The molecule has 126 valence electrons. The molecule has 0 saturated carbocycles. The van der Waals surface area contributed by atoms with Crippen LogP contribution in [0.25, 0.3) is 0 Å². The van der Waals surface area contributed by atoms with Crippen LogP contribution in [0.3, 0.4) is 0 Å². The number of hydrogen-bond acceptors (Lipinski definition) is 4. The van der Waals surface area contributed by atoms with E-state index in [-0.39, 0.29) is 6.03 Å². The van der Waals surface area contributed by atoms with Gasteiger partial charge in [0.15, 0.2) is 0 Å². The van der Waals surface area contributed by atoms with Crippen LogP contribution in [0.15, 0.2) is 0 Å². The third-order valence-electron chi connectivity index (χ3n) is 3.73. The molecule has 7 heteroatoms. The lowest BCUT2D eigenvalue weighted by atomic mass is 10.0. The largest absolute Gasteiger partial charge is 0.500 e. The van der Waals surface area contributed by atoms with Gasteiger partial charge in [-0.25, -0.2) is 4.79 Å². The van der Waals surface area contributed by atoms with Crippen LogP contribution < -0.4 is 10.6 Å². The van der Waals surface area contributed by atoms with Crippen LogP contribution in [0.5, 0.6) is 0 Å². The minimum absolute atomic E-state index is 0.112. The topological polar surface area (TPSA) is 68.8 Å². The molecule has 6 nitrogen and oxygen atoms in total. The van der Waals surface area contributed by atoms with Crippen LogP contribution in [0.1, 0.15) is 39.5 Å². The maximum absolute atomic E-state index is 11.6. The van der Waals surface area contributed by atoms with E-state index in [9.17, 15) is 4.79 Å². The van der Waals surface area contributed by atoms with Crippen molar-refractivity contribution in [3.05, 3.63) is 0 Å². The molecule has 21 heavy (non-hydrogen) atoms. The van der Waals surface area contributed by atoms with Gasteiger partial charge in [0, 0.05) is 40.5 Å². The zero-order valence-electron chi connectivity index (χ0n) is 14.2. The standard InChI is InChI=1S/C14H32N2O4Si/c1-6-13(2)9-7-10-15-14(17)16-11-8-12-21(18-3,19-4)20-5/h13H,6-12H2,1-5H3,(H2,15,16,17). The van der Waals surface area contributed by atoms with Gasteiger partial charge < -0.3 is 23.9 Å². The van der Waals surface area contributed by atoms with Gasteiger partial charge in [-0.05, 0) is 25.2 Å². The summed E-state index contributed by atoms with van der Waals surface area (Å²) in [6, 6.07) is 0.573. The van der Waals surface area contributed by atoms with E-state index in [1.165, 1.54) is 6.42 Å². The first-order valence-electron chi connectivity index (χ1n) is 7.70. The molecule has 0 aliphatic carbocycles. The highest BCUT2D eigenvalue weighted by Gasteiger charge is 2.36. The molecule has 0 bridgehead atoms. The van der Waals surface area contributed by atoms with E-state index in [4.69, 9.17) is 13.3 Å². The van der Waals surface area contributed by atoms with Gasteiger partial charge in [-0.1, -0.05) is 20.3 Å². The van der Waals surface area contributed by atoms with Crippen LogP contribution >= 0.6 is 0 Å². The summed E-state index contributed by atoms with van der Waals surface area (Å²) in [4.78, 5) is 11.6. The Balaban J connectivity index is 3.66. The lowest BCUT2D eigenvalue weighted by Gasteiger charge is -2.24. The predicted molar refractivity (Wildman–Crippen MR) is 86.3 cm³/mol. The zero-order valence-corrected chi connectivity index (χ0v) is 15.2. The van der Waals surface area contributed by atoms with E-state index in [2.05, 4.69) is 24.5 Å². The Hall–Kier alpha value is -0.633. The highest BCUT2D eigenvalue weighted by atomic mass is 28.4. The quantitative estimate of drug-likeness (QED) is 0.428. The molecule has 0 saturated heterocycles. The minimum atomic E-state index is -2.51. The Morgan fingerprint density at radius 2 is 1.57 bits per heavy atom. The van der Waals surface area contributed by atoms with Gasteiger partial charge in [0.05, 0.1) is 0 Å². The van der Waals surface area contributed by atoms with Crippen LogP contribution in [0, 0.1) is 5.92 Å². The Morgan fingerprint density at radius 1 is 1.05 bits per heavy atom. The second kappa shape index (κ2) is 12.0. The minimum Gasteiger partial charge on any atom is -0.377 e. The SMILES string of the molecule is CCC(C)CCCNC(=O)NCCC[Si](OC)(OC)OC. The van der Waals surface area contributed by atoms with Crippen molar-refractivity contribution in [2.75, 3.05) is 34.4 Å². The summed E-state index contributed by atoms with van der Waals surface area (Å²) >= 11 is 0. The van der Waals surface area contributed by atoms with Crippen molar-refractivity contribution >= 4 is 14.8 Å². The molecule has 0 aromatic heterocycles. The molecule has 1 atom stereocenters. The van der Waals surface area contributed by atoms with E-state index in [1.54, 1.807) is 21.3 Å². The summed E-state index contributed by atoms with van der Waals surface area (Å²) in [6.07, 6.45) is 4.13. The van der Waals surface area contributed by atoms with Crippen LogP contribution in [0.4, 0.5) is 4.79 Å². The maximum atomic E-state index is 11.6. The van der Waals surface area contributed by atoms with Crippen molar-refractivity contribution in [2.45, 2.75) is 45.6 Å². The second-order valence-corrected chi connectivity index (χ2v) is 8.33. The number of amides is 2. The van der Waals surface area contributed by atoms with Crippen molar-refractivity contribution in [3.8, 4) is 0 Å². The van der Waals surface area contributed by atoms with E-state index < -0.39 is 8.80 Å². The number of rotatable bonds is 12. The molecular formula is C14H32N2O4Si. The van der Waals surface area contributed by atoms with Gasteiger partial charge in [-0.15, -0.1) is 0 Å². The zero-order chi connectivity index (χ0) is 16.1. The molecule has 0 rings (SSSR count). The van der Waals surface area contributed by atoms with Gasteiger partial charge in [-0.2, -0.15) is 0 Å². The molecule has 2 N–H and O–H groups in total. The van der Waals surface area contributed by atoms with Gasteiger partial charge in [0.1, 0.15) is 0 Å². The number of carbonyl (C=O) groups excluding carboxylic acids is 1. The Kier molecular flexibility index (Phi) is 11.6. The second-order valence-electron chi connectivity index (χ2n) is 5.24. The highest BCUT2D eigenvalue weighted by molar-refractivity contribution is 6.60. The molecule has 0 radical (unpaired) electrons. The van der Waals surface area contributed by atoms with Crippen LogP contribution in [-0.2, 0) is 13.3 Å². The first-order valence-corrected chi connectivity index (χ1v) is 9.63. The summed E-state index contributed by atoms with van der Waals surface area (Å²) in [7, 11) is 2.27. The Labute approximate surface area is 130 Å². The van der Waals surface area contributed by atoms with Gasteiger partial charge >= 0.3 is 14.8 Å². The summed E-state index contributed by atoms with van der Waals surface area (Å²) in [5.41, 5.74) is 0. The highest BCUT2D eigenvalue weighted by Crippen LogP contribution is 2.14. The van der Waals surface area contributed by atoms with E-state index in [0.29, 0.717) is 12.6 Å². The summed E-state index contributed by atoms with van der Waals surface area (Å²) < 4.78 is 16.0.